The third-order valence-electron chi connectivity index (χ3n) is 4.11. The summed E-state index contributed by atoms with van der Waals surface area (Å²) in [6.45, 7) is 3.80. The number of anilines is 3. The van der Waals surface area contributed by atoms with E-state index in [1.54, 1.807) is 6.07 Å². The topological polar surface area (TPSA) is 61.4 Å². The molecule has 0 saturated carbocycles. The first-order valence-corrected chi connectivity index (χ1v) is 8.22. The van der Waals surface area contributed by atoms with Crippen LogP contribution in [0.25, 0.3) is 0 Å². The predicted molar refractivity (Wildman–Crippen MR) is 96.9 cm³/mol. The molecule has 1 N–H and O–H groups in total. The van der Waals surface area contributed by atoms with Crippen LogP contribution in [0.15, 0.2) is 30.3 Å². The lowest BCUT2D eigenvalue weighted by atomic mass is 10.2. The van der Waals surface area contributed by atoms with Gasteiger partial charge in [-0.1, -0.05) is 0 Å². The number of hydrogen-bond donors (Lipinski definition) is 1. The van der Waals surface area contributed by atoms with E-state index in [4.69, 9.17) is 0 Å². The van der Waals surface area contributed by atoms with Crippen LogP contribution >= 0.6 is 0 Å². The third kappa shape index (κ3) is 3.64. The Hall–Kier alpha value is -2.63. The zero-order chi connectivity index (χ0) is 17.1. The Morgan fingerprint density at radius 2 is 1.79 bits per heavy atom. The molecule has 0 radical (unpaired) electrons. The van der Waals surface area contributed by atoms with E-state index in [2.05, 4.69) is 20.2 Å². The summed E-state index contributed by atoms with van der Waals surface area (Å²) in [5.41, 5.74) is 3.05. The van der Waals surface area contributed by atoms with Crippen LogP contribution in [0, 0.1) is 6.92 Å². The Morgan fingerprint density at radius 3 is 2.42 bits per heavy atom. The van der Waals surface area contributed by atoms with E-state index < -0.39 is 0 Å². The number of benzene rings is 1. The number of hydrogen-bond acceptors (Lipinski definition) is 5. The molecule has 2 aromatic rings. The Bertz CT molecular complexity index is 721. The maximum absolute atomic E-state index is 12.5. The summed E-state index contributed by atoms with van der Waals surface area (Å²) in [5, 5.41) is 2.90. The number of amides is 1. The van der Waals surface area contributed by atoms with Crippen LogP contribution < -0.4 is 15.1 Å². The molecule has 24 heavy (non-hydrogen) atoms. The highest BCUT2D eigenvalue weighted by atomic mass is 16.1. The van der Waals surface area contributed by atoms with Gasteiger partial charge in [-0.05, 0) is 50.1 Å². The maximum atomic E-state index is 12.5. The molecular formula is C18H23N5O. The minimum atomic E-state index is -0.210. The number of aryl methyl sites for hydroxylation is 1. The second kappa shape index (κ2) is 6.86. The van der Waals surface area contributed by atoms with Crippen molar-refractivity contribution in [2.45, 2.75) is 19.8 Å². The zero-order valence-electron chi connectivity index (χ0n) is 14.4. The number of aromatic nitrogens is 2. The second-order valence-corrected chi connectivity index (χ2v) is 6.28. The SMILES string of the molecule is Cc1cc(C(=O)Nc2ccc(N(C)C)cc2)nc(N2CCCC2)n1. The highest BCUT2D eigenvalue weighted by Crippen LogP contribution is 2.19. The summed E-state index contributed by atoms with van der Waals surface area (Å²) in [6, 6.07) is 9.45. The molecule has 6 nitrogen and oxygen atoms in total. The van der Waals surface area contributed by atoms with E-state index in [-0.39, 0.29) is 5.91 Å². The van der Waals surface area contributed by atoms with E-state index in [0.717, 1.165) is 43.0 Å². The summed E-state index contributed by atoms with van der Waals surface area (Å²) >= 11 is 0. The van der Waals surface area contributed by atoms with Crippen LogP contribution in [0.3, 0.4) is 0 Å². The van der Waals surface area contributed by atoms with Gasteiger partial charge in [0.15, 0.2) is 0 Å². The summed E-state index contributed by atoms with van der Waals surface area (Å²) in [4.78, 5) is 25.6. The molecule has 126 valence electrons. The highest BCUT2D eigenvalue weighted by molar-refractivity contribution is 6.03. The molecule has 0 atom stereocenters. The van der Waals surface area contributed by atoms with Crippen molar-refractivity contribution in [1.29, 1.82) is 0 Å². The van der Waals surface area contributed by atoms with Crippen molar-refractivity contribution < 1.29 is 4.79 Å². The number of nitrogens with zero attached hydrogens (tertiary/aromatic N) is 4. The summed E-state index contributed by atoms with van der Waals surface area (Å²) in [5.74, 6) is 0.444. The predicted octanol–water partition coefficient (Wildman–Crippen LogP) is 2.70. The van der Waals surface area contributed by atoms with Crippen molar-refractivity contribution in [2.24, 2.45) is 0 Å². The standard InChI is InChI=1S/C18H23N5O/c1-13-12-16(21-18(19-13)23-10-4-5-11-23)17(24)20-14-6-8-15(9-7-14)22(2)3/h6-9,12H,4-5,10-11H2,1-3H3,(H,20,24). The van der Waals surface area contributed by atoms with Crippen molar-refractivity contribution in [1.82, 2.24) is 9.97 Å². The molecule has 3 rings (SSSR count). The zero-order valence-corrected chi connectivity index (χ0v) is 14.4. The number of carbonyl (C=O) groups is 1. The van der Waals surface area contributed by atoms with Gasteiger partial charge in [0.1, 0.15) is 5.69 Å². The molecule has 0 bridgehead atoms. The Morgan fingerprint density at radius 1 is 1.12 bits per heavy atom. The summed E-state index contributed by atoms with van der Waals surface area (Å²) < 4.78 is 0. The fourth-order valence-corrected chi connectivity index (χ4v) is 2.77. The average Bonchev–Trinajstić information content (AvgIpc) is 3.09. The van der Waals surface area contributed by atoms with Gasteiger partial charge >= 0.3 is 0 Å². The van der Waals surface area contributed by atoms with E-state index in [0.29, 0.717) is 11.6 Å². The molecule has 1 saturated heterocycles. The quantitative estimate of drug-likeness (QED) is 0.936. The molecule has 0 spiro atoms. The molecular weight excluding hydrogens is 302 g/mol. The lowest BCUT2D eigenvalue weighted by Gasteiger charge is -2.16. The maximum Gasteiger partial charge on any atom is 0.274 e. The minimum Gasteiger partial charge on any atom is -0.378 e. The first kappa shape index (κ1) is 16.2. The largest absolute Gasteiger partial charge is 0.378 e. The molecule has 1 fully saturated rings. The van der Waals surface area contributed by atoms with E-state index >= 15 is 0 Å². The van der Waals surface area contributed by atoms with Crippen molar-refractivity contribution in [2.75, 3.05) is 42.3 Å². The molecule has 2 heterocycles. The van der Waals surface area contributed by atoms with Gasteiger partial charge in [-0.3, -0.25) is 4.79 Å². The molecule has 6 heteroatoms. The lowest BCUT2D eigenvalue weighted by Crippen LogP contribution is -2.23. The number of rotatable bonds is 4. The monoisotopic (exact) mass is 325 g/mol. The minimum absolute atomic E-state index is 0.210. The van der Waals surface area contributed by atoms with Crippen LogP contribution in [0.2, 0.25) is 0 Å². The van der Waals surface area contributed by atoms with Crippen LogP contribution in [0.5, 0.6) is 0 Å². The second-order valence-electron chi connectivity index (χ2n) is 6.28. The number of carbonyl (C=O) groups excluding carboxylic acids is 1. The van der Waals surface area contributed by atoms with Crippen LogP contribution in [0.4, 0.5) is 17.3 Å². The molecule has 1 aliphatic rings. The van der Waals surface area contributed by atoms with Crippen molar-refractivity contribution >= 4 is 23.2 Å². The van der Waals surface area contributed by atoms with Gasteiger partial charge < -0.3 is 15.1 Å². The molecule has 0 aliphatic carbocycles. The Labute approximate surface area is 142 Å². The fourth-order valence-electron chi connectivity index (χ4n) is 2.77. The van der Waals surface area contributed by atoms with Gasteiger partial charge in [0.2, 0.25) is 5.95 Å². The van der Waals surface area contributed by atoms with E-state index in [9.17, 15) is 4.79 Å². The van der Waals surface area contributed by atoms with Crippen LogP contribution in [-0.4, -0.2) is 43.1 Å². The Kier molecular flexibility index (Phi) is 4.64. The van der Waals surface area contributed by atoms with Crippen molar-refractivity contribution in [3.63, 3.8) is 0 Å². The Balaban J connectivity index is 1.76. The van der Waals surface area contributed by atoms with Gasteiger partial charge in [-0.15, -0.1) is 0 Å². The first-order chi connectivity index (χ1) is 11.5. The van der Waals surface area contributed by atoms with Crippen LogP contribution in [0.1, 0.15) is 29.0 Å². The van der Waals surface area contributed by atoms with Crippen molar-refractivity contribution in [3.05, 3.63) is 41.7 Å². The highest BCUT2D eigenvalue weighted by Gasteiger charge is 2.18. The third-order valence-corrected chi connectivity index (χ3v) is 4.11. The van der Waals surface area contributed by atoms with Gasteiger partial charge in [0, 0.05) is 44.3 Å². The van der Waals surface area contributed by atoms with Gasteiger partial charge in [-0.25, -0.2) is 9.97 Å². The number of nitrogens with one attached hydrogen (secondary N) is 1. The molecule has 1 amide bonds. The normalized spacial score (nSPS) is 13.9. The summed E-state index contributed by atoms with van der Waals surface area (Å²) in [7, 11) is 3.97. The van der Waals surface area contributed by atoms with Gasteiger partial charge in [0.25, 0.3) is 5.91 Å². The lowest BCUT2D eigenvalue weighted by molar-refractivity contribution is 0.102. The molecule has 1 aromatic heterocycles. The first-order valence-electron chi connectivity index (χ1n) is 8.22. The fraction of sp³-hybridized carbons (Fsp3) is 0.389. The molecule has 1 aliphatic heterocycles. The molecule has 0 unspecified atom stereocenters. The van der Waals surface area contributed by atoms with Crippen LogP contribution in [-0.2, 0) is 0 Å². The van der Waals surface area contributed by atoms with Gasteiger partial charge in [-0.2, -0.15) is 0 Å². The molecule has 1 aromatic carbocycles. The smallest absolute Gasteiger partial charge is 0.274 e. The summed E-state index contributed by atoms with van der Waals surface area (Å²) in [6.07, 6.45) is 2.30. The van der Waals surface area contributed by atoms with Crippen molar-refractivity contribution in [3.8, 4) is 0 Å². The van der Waals surface area contributed by atoms with E-state index in [1.165, 1.54) is 0 Å². The average molecular weight is 325 g/mol. The van der Waals surface area contributed by atoms with Gasteiger partial charge in [0.05, 0.1) is 0 Å². The van der Waals surface area contributed by atoms with E-state index in [1.807, 2.05) is 50.2 Å².